The van der Waals surface area contributed by atoms with E-state index >= 15 is 0 Å². The molecule has 0 atom stereocenters. The summed E-state index contributed by atoms with van der Waals surface area (Å²) < 4.78 is 0. The highest BCUT2D eigenvalue weighted by atomic mass is 16.2. The minimum absolute atomic E-state index is 0.0298. The molecule has 0 saturated carbocycles. The van der Waals surface area contributed by atoms with E-state index in [2.05, 4.69) is 20.6 Å². The number of hydrogen-bond acceptors (Lipinski definition) is 3. The lowest BCUT2D eigenvalue weighted by molar-refractivity contribution is -0.123. The molecule has 3 rings (SSSR count). The summed E-state index contributed by atoms with van der Waals surface area (Å²) in [5.41, 5.74) is 3.50. The molecular weight excluding hydrogens is 304 g/mol. The van der Waals surface area contributed by atoms with Gasteiger partial charge in [0.25, 0.3) is 0 Å². The zero-order valence-electron chi connectivity index (χ0n) is 13.3. The van der Waals surface area contributed by atoms with E-state index in [0.717, 1.165) is 22.4 Å². The molecule has 2 aromatic carbocycles. The maximum atomic E-state index is 11.8. The lowest BCUT2D eigenvalue weighted by Gasteiger charge is -2.06. The number of benzene rings is 2. The number of H-pyrrole nitrogens is 1. The second-order valence-electron chi connectivity index (χ2n) is 5.36. The van der Waals surface area contributed by atoms with E-state index in [1.165, 1.54) is 0 Å². The molecule has 6 nitrogen and oxygen atoms in total. The van der Waals surface area contributed by atoms with Crippen LogP contribution in [-0.2, 0) is 9.59 Å². The Balaban J connectivity index is 1.67. The molecule has 0 aliphatic carbocycles. The minimum Gasteiger partial charge on any atom is -0.347 e. The van der Waals surface area contributed by atoms with Crippen molar-refractivity contribution < 1.29 is 9.59 Å². The van der Waals surface area contributed by atoms with E-state index in [1.54, 1.807) is 6.92 Å². The number of nitrogens with zero attached hydrogens (tertiary/aromatic N) is 1. The van der Waals surface area contributed by atoms with Gasteiger partial charge in [-0.3, -0.25) is 9.59 Å². The lowest BCUT2D eigenvalue weighted by Crippen LogP contribution is -2.32. The summed E-state index contributed by atoms with van der Waals surface area (Å²) in [6.45, 7) is 1.71. The first kappa shape index (κ1) is 15.7. The van der Waals surface area contributed by atoms with E-state index in [-0.39, 0.29) is 18.4 Å². The van der Waals surface area contributed by atoms with Crippen LogP contribution in [0, 0.1) is 0 Å². The molecule has 0 radical (unpaired) electrons. The SMILES string of the molecule is CCC(=O)NCC(=O)Nc1ccc(-c2nc3ccccc3[nH]2)cc1. The molecule has 0 unspecified atom stereocenters. The molecule has 24 heavy (non-hydrogen) atoms. The van der Waals surface area contributed by atoms with Gasteiger partial charge in [-0.15, -0.1) is 0 Å². The highest BCUT2D eigenvalue weighted by Gasteiger charge is 2.07. The summed E-state index contributed by atoms with van der Waals surface area (Å²) in [6.07, 6.45) is 0.361. The van der Waals surface area contributed by atoms with Crippen molar-refractivity contribution in [1.29, 1.82) is 0 Å². The van der Waals surface area contributed by atoms with Crippen LogP contribution in [0.4, 0.5) is 5.69 Å². The second kappa shape index (κ2) is 6.95. The molecule has 6 heteroatoms. The van der Waals surface area contributed by atoms with Crippen LogP contribution in [-0.4, -0.2) is 28.3 Å². The van der Waals surface area contributed by atoms with Gasteiger partial charge >= 0.3 is 0 Å². The molecule has 0 aliphatic rings. The average Bonchev–Trinajstić information content (AvgIpc) is 3.04. The highest BCUT2D eigenvalue weighted by Crippen LogP contribution is 2.21. The van der Waals surface area contributed by atoms with Crippen LogP contribution in [0.15, 0.2) is 48.5 Å². The van der Waals surface area contributed by atoms with Crippen LogP contribution in [0.5, 0.6) is 0 Å². The van der Waals surface area contributed by atoms with E-state index < -0.39 is 0 Å². The van der Waals surface area contributed by atoms with Crippen molar-refractivity contribution >= 4 is 28.5 Å². The maximum absolute atomic E-state index is 11.8. The third-order valence-electron chi connectivity index (χ3n) is 3.60. The van der Waals surface area contributed by atoms with Gasteiger partial charge in [-0.2, -0.15) is 0 Å². The van der Waals surface area contributed by atoms with Crippen LogP contribution < -0.4 is 10.6 Å². The number of anilines is 1. The zero-order chi connectivity index (χ0) is 16.9. The van der Waals surface area contributed by atoms with Crippen molar-refractivity contribution in [2.75, 3.05) is 11.9 Å². The Morgan fingerprint density at radius 1 is 1.04 bits per heavy atom. The minimum atomic E-state index is -0.256. The Kier molecular flexibility index (Phi) is 4.56. The van der Waals surface area contributed by atoms with Gasteiger partial charge in [0.1, 0.15) is 5.82 Å². The summed E-state index contributed by atoms with van der Waals surface area (Å²) in [5, 5.41) is 5.28. The number of hydrogen-bond donors (Lipinski definition) is 3. The number of carbonyl (C=O) groups excluding carboxylic acids is 2. The number of aromatic amines is 1. The number of imidazole rings is 1. The summed E-state index contributed by atoms with van der Waals surface area (Å²) >= 11 is 0. The van der Waals surface area contributed by atoms with E-state index in [9.17, 15) is 9.59 Å². The van der Waals surface area contributed by atoms with Crippen LogP contribution in [0.1, 0.15) is 13.3 Å². The number of fused-ring (bicyclic) bond motifs is 1. The van der Waals surface area contributed by atoms with Crippen molar-refractivity contribution in [2.24, 2.45) is 0 Å². The summed E-state index contributed by atoms with van der Waals surface area (Å²) in [4.78, 5) is 30.7. The van der Waals surface area contributed by atoms with Crippen molar-refractivity contribution in [3.8, 4) is 11.4 Å². The largest absolute Gasteiger partial charge is 0.347 e. The molecule has 0 aliphatic heterocycles. The summed E-state index contributed by atoms with van der Waals surface area (Å²) in [7, 11) is 0. The predicted molar refractivity (Wildman–Crippen MR) is 93.5 cm³/mol. The second-order valence-corrected chi connectivity index (χ2v) is 5.36. The summed E-state index contributed by atoms with van der Waals surface area (Å²) in [5.74, 6) is 0.378. The van der Waals surface area contributed by atoms with Crippen LogP contribution in [0.2, 0.25) is 0 Å². The number of para-hydroxylation sites is 2. The molecule has 0 spiro atoms. The molecule has 2 amide bonds. The van der Waals surface area contributed by atoms with Crippen LogP contribution >= 0.6 is 0 Å². The highest BCUT2D eigenvalue weighted by molar-refractivity contribution is 5.94. The summed E-state index contributed by atoms with van der Waals surface area (Å²) in [6, 6.07) is 15.2. The first-order valence-corrected chi connectivity index (χ1v) is 7.77. The Labute approximate surface area is 139 Å². The number of carbonyl (C=O) groups is 2. The van der Waals surface area contributed by atoms with Gasteiger partial charge in [-0.25, -0.2) is 4.98 Å². The molecule has 0 fully saturated rings. The molecular formula is C18H18N4O2. The van der Waals surface area contributed by atoms with Gasteiger partial charge in [-0.05, 0) is 36.4 Å². The molecule has 122 valence electrons. The monoisotopic (exact) mass is 322 g/mol. The van der Waals surface area contributed by atoms with E-state index in [4.69, 9.17) is 0 Å². The van der Waals surface area contributed by atoms with Crippen molar-refractivity contribution in [2.45, 2.75) is 13.3 Å². The first-order chi connectivity index (χ1) is 11.7. The van der Waals surface area contributed by atoms with Gasteiger partial charge in [0, 0.05) is 17.7 Å². The fourth-order valence-corrected chi connectivity index (χ4v) is 2.31. The van der Waals surface area contributed by atoms with Crippen LogP contribution in [0.3, 0.4) is 0 Å². The molecule has 3 N–H and O–H groups in total. The number of aromatic nitrogens is 2. The van der Waals surface area contributed by atoms with E-state index in [0.29, 0.717) is 12.1 Å². The van der Waals surface area contributed by atoms with Gasteiger partial charge < -0.3 is 15.6 Å². The Morgan fingerprint density at radius 2 is 1.79 bits per heavy atom. The smallest absolute Gasteiger partial charge is 0.243 e. The standard InChI is InChI=1S/C18H18N4O2/c1-2-16(23)19-11-17(24)20-13-9-7-12(8-10-13)18-21-14-5-3-4-6-15(14)22-18/h3-10H,2,11H2,1H3,(H,19,23)(H,20,24)(H,21,22). The molecule has 0 saturated heterocycles. The quantitative estimate of drug-likeness (QED) is 0.675. The van der Waals surface area contributed by atoms with Gasteiger partial charge in [0.15, 0.2) is 0 Å². The number of nitrogens with one attached hydrogen (secondary N) is 3. The van der Waals surface area contributed by atoms with Gasteiger partial charge in [-0.1, -0.05) is 19.1 Å². The van der Waals surface area contributed by atoms with E-state index in [1.807, 2.05) is 48.5 Å². The number of rotatable bonds is 5. The van der Waals surface area contributed by atoms with Crippen molar-refractivity contribution in [3.05, 3.63) is 48.5 Å². The first-order valence-electron chi connectivity index (χ1n) is 7.77. The zero-order valence-corrected chi connectivity index (χ0v) is 13.3. The topological polar surface area (TPSA) is 86.9 Å². The third kappa shape index (κ3) is 3.60. The molecule has 1 heterocycles. The Hall–Kier alpha value is -3.15. The third-order valence-corrected chi connectivity index (χ3v) is 3.60. The molecule has 3 aromatic rings. The fraction of sp³-hybridized carbons (Fsp3) is 0.167. The average molecular weight is 322 g/mol. The van der Waals surface area contributed by atoms with Gasteiger partial charge in [0.05, 0.1) is 17.6 Å². The maximum Gasteiger partial charge on any atom is 0.243 e. The Morgan fingerprint density at radius 3 is 2.50 bits per heavy atom. The molecule has 1 aromatic heterocycles. The predicted octanol–water partition coefficient (Wildman–Crippen LogP) is 2.69. The Bertz CT molecular complexity index is 835. The number of amides is 2. The lowest BCUT2D eigenvalue weighted by atomic mass is 10.2. The fourth-order valence-electron chi connectivity index (χ4n) is 2.31. The van der Waals surface area contributed by atoms with Crippen LogP contribution in [0.25, 0.3) is 22.4 Å². The van der Waals surface area contributed by atoms with Crippen molar-refractivity contribution in [1.82, 2.24) is 15.3 Å². The normalized spacial score (nSPS) is 10.5. The van der Waals surface area contributed by atoms with Crippen molar-refractivity contribution in [3.63, 3.8) is 0 Å². The van der Waals surface area contributed by atoms with Gasteiger partial charge in [0.2, 0.25) is 11.8 Å². The molecule has 0 bridgehead atoms.